The molecular weight excluding hydrogens is 198 g/mol. The first-order valence-corrected chi connectivity index (χ1v) is 5.91. The lowest BCUT2D eigenvalue weighted by molar-refractivity contribution is -0.119. The van der Waals surface area contributed by atoms with Crippen molar-refractivity contribution in [2.24, 2.45) is 5.41 Å². The zero-order chi connectivity index (χ0) is 11.6. The molecule has 0 spiro atoms. The standard InChI is InChI=1S/C14H19NO/c1-14(2)10-13(16)15-12(14)9-8-11-6-4-3-5-7-11/h3-7,12H,8-10H2,1-2H3,(H,15,16). The molecule has 2 nitrogen and oxygen atoms in total. The van der Waals surface area contributed by atoms with Crippen molar-refractivity contribution in [3.05, 3.63) is 35.9 Å². The summed E-state index contributed by atoms with van der Waals surface area (Å²) in [5.41, 5.74) is 1.45. The smallest absolute Gasteiger partial charge is 0.220 e. The summed E-state index contributed by atoms with van der Waals surface area (Å²) in [6, 6.07) is 10.8. The molecule has 1 heterocycles. The molecule has 0 saturated carbocycles. The summed E-state index contributed by atoms with van der Waals surface area (Å²) in [6.45, 7) is 4.33. The van der Waals surface area contributed by atoms with Crippen molar-refractivity contribution in [2.75, 3.05) is 0 Å². The monoisotopic (exact) mass is 217 g/mol. The lowest BCUT2D eigenvalue weighted by atomic mass is 9.82. The van der Waals surface area contributed by atoms with Gasteiger partial charge in [-0.1, -0.05) is 44.2 Å². The minimum Gasteiger partial charge on any atom is -0.353 e. The fourth-order valence-electron chi connectivity index (χ4n) is 2.40. The maximum atomic E-state index is 11.4. The van der Waals surface area contributed by atoms with Gasteiger partial charge in [0, 0.05) is 12.5 Å². The van der Waals surface area contributed by atoms with Gasteiger partial charge in [-0.25, -0.2) is 0 Å². The van der Waals surface area contributed by atoms with Crippen LogP contribution in [-0.4, -0.2) is 11.9 Å². The number of benzene rings is 1. The molecule has 0 aromatic heterocycles. The van der Waals surface area contributed by atoms with Gasteiger partial charge in [0.15, 0.2) is 0 Å². The van der Waals surface area contributed by atoms with Crippen LogP contribution < -0.4 is 5.32 Å². The second-order valence-corrected chi connectivity index (χ2v) is 5.31. The van der Waals surface area contributed by atoms with Gasteiger partial charge in [-0.3, -0.25) is 4.79 Å². The van der Waals surface area contributed by atoms with Crippen molar-refractivity contribution in [2.45, 2.75) is 39.2 Å². The zero-order valence-electron chi connectivity index (χ0n) is 9.99. The Morgan fingerprint density at radius 1 is 1.31 bits per heavy atom. The predicted molar refractivity (Wildman–Crippen MR) is 65.1 cm³/mol. The highest BCUT2D eigenvalue weighted by molar-refractivity contribution is 5.79. The highest BCUT2D eigenvalue weighted by Gasteiger charge is 2.38. The van der Waals surface area contributed by atoms with Crippen LogP contribution in [0.25, 0.3) is 0 Å². The maximum Gasteiger partial charge on any atom is 0.220 e. The van der Waals surface area contributed by atoms with Gasteiger partial charge in [-0.05, 0) is 23.8 Å². The van der Waals surface area contributed by atoms with Crippen LogP contribution in [0.5, 0.6) is 0 Å². The van der Waals surface area contributed by atoms with Crippen LogP contribution >= 0.6 is 0 Å². The molecule has 1 aliphatic heterocycles. The third-order valence-corrected chi connectivity index (χ3v) is 3.46. The van der Waals surface area contributed by atoms with Gasteiger partial charge in [0.05, 0.1) is 0 Å². The summed E-state index contributed by atoms with van der Waals surface area (Å²) < 4.78 is 0. The first kappa shape index (κ1) is 11.2. The van der Waals surface area contributed by atoms with E-state index < -0.39 is 0 Å². The van der Waals surface area contributed by atoms with Crippen LogP contribution in [0.15, 0.2) is 30.3 Å². The molecule has 2 heteroatoms. The number of nitrogens with one attached hydrogen (secondary N) is 1. The van der Waals surface area contributed by atoms with E-state index >= 15 is 0 Å². The minimum absolute atomic E-state index is 0.103. The van der Waals surface area contributed by atoms with Gasteiger partial charge in [-0.2, -0.15) is 0 Å². The summed E-state index contributed by atoms with van der Waals surface area (Å²) in [5.74, 6) is 0.197. The number of hydrogen-bond donors (Lipinski definition) is 1. The maximum absolute atomic E-state index is 11.4. The van der Waals surface area contributed by atoms with E-state index in [1.54, 1.807) is 0 Å². The van der Waals surface area contributed by atoms with Crippen molar-refractivity contribution < 1.29 is 4.79 Å². The Balaban J connectivity index is 1.94. The molecule has 1 atom stereocenters. The second kappa shape index (κ2) is 4.28. The van der Waals surface area contributed by atoms with Gasteiger partial charge >= 0.3 is 0 Å². The molecule has 0 bridgehead atoms. The largest absolute Gasteiger partial charge is 0.353 e. The first-order valence-electron chi connectivity index (χ1n) is 5.91. The van der Waals surface area contributed by atoms with E-state index in [9.17, 15) is 4.79 Å². The molecule has 1 aromatic carbocycles. The highest BCUT2D eigenvalue weighted by atomic mass is 16.2. The summed E-state index contributed by atoms with van der Waals surface area (Å²) in [6.07, 6.45) is 2.73. The summed E-state index contributed by atoms with van der Waals surface area (Å²) in [5, 5.41) is 3.08. The second-order valence-electron chi connectivity index (χ2n) is 5.31. The van der Waals surface area contributed by atoms with E-state index in [0.29, 0.717) is 12.5 Å². The van der Waals surface area contributed by atoms with E-state index in [2.05, 4.69) is 43.4 Å². The van der Waals surface area contributed by atoms with E-state index in [-0.39, 0.29) is 11.3 Å². The summed E-state index contributed by atoms with van der Waals surface area (Å²) in [7, 11) is 0. The van der Waals surface area contributed by atoms with Crippen molar-refractivity contribution >= 4 is 5.91 Å². The van der Waals surface area contributed by atoms with Crippen molar-refractivity contribution in [1.82, 2.24) is 5.32 Å². The van der Waals surface area contributed by atoms with Crippen LogP contribution in [0, 0.1) is 5.41 Å². The number of carbonyl (C=O) groups excluding carboxylic acids is 1. The van der Waals surface area contributed by atoms with Crippen LogP contribution in [0.2, 0.25) is 0 Å². The Morgan fingerprint density at radius 2 is 2.00 bits per heavy atom. The van der Waals surface area contributed by atoms with Gasteiger partial charge < -0.3 is 5.32 Å². The van der Waals surface area contributed by atoms with Gasteiger partial charge in [0.2, 0.25) is 5.91 Å². The first-order chi connectivity index (χ1) is 7.58. The van der Waals surface area contributed by atoms with Crippen LogP contribution in [0.3, 0.4) is 0 Å². The highest BCUT2D eigenvalue weighted by Crippen LogP contribution is 2.32. The molecule has 1 saturated heterocycles. The lowest BCUT2D eigenvalue weighted by Crippen LogP contribution is -2.33. The molecule has 1 unspecified atom stereocenters. The van der Waals surface area contributed by atoms with E-state index in [1.165, 1.54) is 5.56 Å². The summed E-state index contributed by atoms with van der Waals surface area (Å²) >= 11 is 0. The molecule has 0 radical (unpaired) electrons. The Kier molecular flexibility index (Phi) is 2.99. The van der Waals surface area contributed by atoms with E-state index in [0.717, 1.165) is 12.8 Å². The Labute approximate surface area is 97.1 Å². The fraction of sp³-hybridized carbons (Fsp3) is 0.500. The van der Waals surface area contributed by atoms with Crippen molar-refractivity contribution in [1.29, 1.82) is 0 Å². The third kappa shape index (κ3) is 2.43. The predicted octanol–water partition coefficient (Wildman–Crippen LogP) is 2.53. The average molecular weight is 217 g/mol. The SMILES string of the molecule is CC1(C)CC(=O)NC1CCc1ccccc1. The molecule has 1 N–H and O–H groups in total. The summed E-state index contributed by atoms with van der Waals surface area (Å²) in [4.78, 5) is 11.4. The van der Waals surface area contributed by atoms with Crippen LogP contribution in [0.1, 0.15) is 32.3 Å². The zero-order valence-corrected chi connectivity index (χ0v) is 9.99. The Bertz CT molecular complexity index is 370. The Morgan fingerprint density at radius 3 is 2.56 bits per heavy atom. The molecule has 1 fully saturated rings. The van der Waals surface area contributed by atoms with Crippen molar-refractivity contribution in [3.8, 4) is 0 Å². The van der Waals surface area contributed by atoms with Gasteiger partial charge in [0.1, 0.15) is 0 Å². The molecule has 1 amide bonds. The molecular formula is C14H19NO. The lowest BCUT2D eigenvalue weighted by Gasteiger charge is -2.25. The molecule has 2 rings (SSSR count). The Hall–Kier alpha value is -1.31. The quantitative estimate of drug-likeness (QED) is 0.828. The number of rotatable bonds is 3. The number of aryl methyl sites for hydroxylation is 1. The molecule has 16 heavy (non-hydrogen) atoms. The number of hydrogen-bond acceptors (Lipinski definition) is 1. The third-order valence-electron chi connectivity index (χ3n) is 3.46. The van der Waals surface area contributed by atoms with Crippen LogP contribution in [-0.2, 0) is 11.2 Å². The minimum atomic E-state index is 0.103. The van der Waals surface area contributed by atoms with Crippen molar-refractivity contribution in [3.63, 3.8) is 0 Å². The van der Waals surface area contributed by atoms with E-state index in [1.807, 2.05) is 6.07 Å². The molecule has 0 aliphatic carbocycles. The fourth-order valence-corrected chi connectivity index (χ4v) is 2.40. The van der Waals surface area contributed by atoms with Crippen LogP contribution in [0.4, 0.5) is 0 Å². The molecule has 86 valence electrons. The molecule has 1 aliphatic rings. The van der Waals surface area contributed by atoms with Gasteiger partial charge in [-0.15, -0.1) is 0 Å². The number of amides is 1. The topological polar surface area (TPSA) is 29.1 Å². The van der Waals surface area contributed by atoms with E-state index in [4.69, 9.17) is 0 Å². The average Bonchev–Trinajstić information content (AvgIpc) is 2.50. The number of carbonyl (C=O) groups is 1. The van der Waals surface area contributed by atoms with Gasteiger partial charge in [0.25, 0.3) is 0 Å². The molecule has 1 aromatic rings. The normalized spacial score (nSPS) is 23.1.